The van der Waals surface area contributed by atoms with E-state index < -0.39 is 17.7 Å². The van der Waals surface area contributed by atoms with Gasteiger partial charge in [0.1, 0.15) is 0 Å². The van der Waals surface area contributed by atoms with Crippen molar-refractivity contribution in [3.05, 3.63) is 29.8 Å². The summed E-state index contributed by atoms with van der Waals surface area (Å²) in [5.41, 5.74) is -0.784. The Bertz CT molecular complexity index is 391. The number of rotatable bonds is 4. The maximum absolute atomic E-state index is 12.6. The average molecular weight is 247 g/mol. The van der Waals surface area contributed by atoms with E-state index >= 15 is 0 Å². The number of benzene rings is 1. The van der Waals surface area contributed by atoms with E-state index in [1.165, 1.54) is 25.3 Å². The van der Waals surface area contributed by atoms with Crippen LogP contribution in [0.25, 0.3) is 0 Å². The summed E-state index contributed by atoms with van der Waals surface area (Å²) in [6, 6.07) is 5.12. The maximum Gasteiger partial charge on any atom is 0.418 e. The van der Waals surface area contributed by atoms with Crippen molar-refractivity contribution in [2.24, 2.45) is 0 Å². The van der Waals surface area contributed by atoms with Crippen LogP contribution in [0.1, 0.15) is 12.0 Å². The number of anilines is 1. The second kappa shape index (κ2) is 5.56. The predicted molar refractivity (Wildman–Crippen MR) is 56.6 cm³/mol. The first kappa shape index (κ1) is 13.3. The molecule has 94 valence electrons. The van der Waals surface area contributed by atoms with Crippen LogP contribution in [0.2, 0.25) is 0 Å². The molecule has 0 aromatic heterocycles. The highest BCUT2D eigenvalue weighted by Gasteiger charge is 2.32. The van der Waals surface area contributed by atoms with E-state index in [1.807, 2.05) is 0 Å². The van der Waals surface area contributed by atoms with Crippen molar-refractivity contribution in [3.63, 3.8) is 0 Å². The van der Waals surface area contributed by atoms with Gasteiger partial charge < -0.3 is 10.1 Å². The summed E-state index contributed by atoms with van der Waals surface area (Å²) in [6.45, 7) is 0.0970. The largest absolute Gasteiger partial charge is 0.469 e. The number of halogens is 3. The minimum Gasteiger partial charge on any atom is -0.469 e. The Labute approximate surface area is 96.6 Å². The highest BCUT2D eigenvalue weighted by Crippen LogP contribution is 2.34. The fourth-order valence-corrected chi connectivity index (χ4v) is 1.29. The van der Waals surface area contributed by atoms with Gasteiger partial charge in [0.05, 0.1) is 19.1 Å². The van der Waals surface area contributed by atoms with Crippen LogP contribution in [-0.4, -0.2) is 19.6 Å². The standard InChI is InChI=1S/C11H12F3NO2/c1-17-10(16)6-7-15-9-5-3-2-4-8(9)11(12,13)14/h2-5,15H,6-7H2,1H3. The van der Waals surface area contributed by atoms with Crippen LogP contribution in [0.15, 0.2) is 24.3 Å². The molecule has 0 radical (unpaired) electrons. The maximum atomic E-state index is 12.6. The van der Waals surface area contributed by atoms with Crippen LogP contribution in [0.4, 0.5) is 18.9 Å². The van der Waals surface area contributed by atoms with Crippen molar-refractivity contribution < 1.29 is 22.7 Å². The summed E-state index contributed by atoms with van der Waals surface area (Å²) in [5, 5.41) is 2.56. The molecule has 0 heterocycles. The topological polar surface area (TPSA) is 38.3 Å². The summed E-state index contributed by atoms with van der Waals surface area (Å²) >= 11 is 0. The molecular formula is C11H12F3NO2. The molecule has 0 amide bonds. The highest BCUT2D eigenvalue weighted by atomic mass is 19.4. The molecule has 0 saturated heterocycles. The molecule has 1 aromatic carbocycles. The van der Waals surface area contributed by atoms with Gasteiger partial charge in [-0.2, -0.15) is 13.2 Å². The lowest BCUT2D eigenvalue weighted by atomic mass is 10.1. The van der Waals surface area contributed by atoms with Crippen LogP contribution in [-0.2, 0) is 15.7 Å². The summed E-state index contributed by atoms with van der Waals surface area (Å²) in [4.78, 5) is 10.8. The summed E-state index contributed by atoms with van der Waals surface area (Å²) in [5.74, 6) is -0.470. The minimum absolute atomic E-state index is 0.0166. The Morgan fingerprint density at radius 2 is 2.00 bits per heavy atom. The number of esters is 1. The Hall–Kier alpha value is -1.72. The fraction of sp³-hybridized carbons (Fsp3) is 0.364. The smallest absolute Gasteiger partial charge is 0.418 e. The van der Waals surface area contributed by atoms with Crippen LogP contribution < -0.4 is 5.32 Å². The number of ether oxygens (including phenoxy) is 1. The third-order valence-electron chi connectivity index (χ3n) is 2.10. The lowest BCUT2D eigenvalue weighted by molar-refractivity contribution is -0.140. The predicted octanol–water partition coefficient (Wildman–Crippen LogP) is 2.68. The number of methoxy groups -OCH3 is 1. The first-order valence-corrected chi connectivity index (χ1v) is 4.92. The van der Waals surface area contributed by atoms with Crippen molar-refractivity contribution in [2.75, 3.05) is 19.0 Å². The van der Waals surface area contributed by atoms with Crippen molar-refractivity contribution in [3.8, 4) is 0 Å². The number of para-hydroxylation sites is 1. The van der Waals surface area contributed by atoms with Gasteiger partial charge in [0.2, 0.25) is 0 Å². The number of nitrogens with one attached hydrogen (secondary N) is 1. The third-order valence-corrected chi connectivity index (χ3v) is 2.10. The zero-order valence-electron chi connectivity index (χ0n) is 9.17. The molecule has 0 fully saturated rings. The van der Waals surface area contributed by atoms with Gasteiger partial charge in [-0.25, -0.2) is 0 Å². The van der Waals surface area contributed by atoms with E-state index in [0.717, 1.165) is 6.07 Å². The highest BCUT2D eigenvalue weighted by molar-refractivity contribution is 5.70. The van der Waals surface area contributed by atoms with Gasteiger partial charge in [0.15, 0.2) is 0 Å². The molecule has 0 aliphatic heterocycles. The number of carbonyl (C=O) groups is 1. The monoisotopic (exact) mass is 247 g/mol. The van der Waals surface area contributed by atoms with Crippen LogP contribution >= 0.6 is 0 Å². The summed E-state index contributed by atoms with van der Waals surface area (Å²) in [6.07, 6.45) is -4.39. The zero-order valence-corrected chi connectivity index (χ0v) is 9.17. The Morgan fingerprint density at radius 1 is 1.35 bits per heavy atom. The quantitative estimate of drug-likeness (QED) is 0.831. The van der Waals surface area contributed by atoms with Gasteiger partial charge >= 0.3 is 12.1 Å². The molecule has 17 heavy (non-hydrogen) atoms. The zero-order chi connectivity index (χ0) is 12.9. The average Bonchev–Trinajstić information content (AvgIpc) is 2.28. The molecule has 0 aliphatic carbocycles. The van der Waals surface area contributed by atoms with Gasteiger partial charge in [0.25, 0.3) is 0 Å². The lowest BCUT2D eigenvalue weighted by Crippen LogP contribution is -2.14. The number of hydrogen-bond acceptors (Lipinski definition) is 3. The van der Waals surface area contributed by atoms with Crippen LogP contribution in [0.3, 0.4) is 0 Å². The summed E-state index contributed by atoms with van der Waals surface area (Å²) in [7, 11) is 1.23. The van der Waals surface area contributed by atoms with Gasteiger partial charge in [-0.1, -0.05) is 12.1 Å². The van der Waals surface area contributed by atoms with Crippen molar-refractivity contribution in [1.29, 1.82) is 0 Å². The molecule has 0 bridgehead atoms. The molecule has 1 N–H and O–H groups in total. The molecule has 1 aromatic rings. The first-order chi connectivity index (χ1) is 7.95. The van der Waals surface area contributed by atoms with Gasteiger partial charge in [-0.05, 0) is 12.1 Å². The molecular weight excluding hydrogens is 235 g/mol. The van der Waals surface area contributed by atoms with E-state index in [9.17, 15) is 18.0 Å². The molecule has 0 unspecified atom stereocenters. The van der Waals surface area contributed by atoms with Crippen molar-refractivity contribution >= 4 is 11.7 Å². The van der Waals surface area contributed by atoms with Crippen LogP contribution in [0, 0.1) is 0 Å². The van der Waals surface area contributed by atoms with Crippen molar-refractivity contribution in [2.45, 2.75) is 12.6 Å². The first-order valence-electron chi connectivity index (χ1n) is 4.92. The van der Waals surface area contributed by atoms with Gasteiger partial charge in [-0.15, -0.1) is 0 Å². The molecule has 0 spiro atoms. The molecule has 0 saturated carbocycles. The lowest BCUT2D eigenvalue weighted by Gasteiger charge is -2.13. The van der Waals surface area contributed by atoms with E-state index in [4.69, 9.17) is 0 Å². The number of hydrogen-bond donors (Lipinski definition) is 1. The van der Waals surface area contributed by atoms with E-state index in [-0.39, 0.29) is 18.7 Å². The van der Waals surface area contributed by atoms with Gasteiger partial charge in [-0.3, -0.25) is 4.79 Å². The third kappa shape index (κ3) is 3.97. The number of carbonyl (C=O) groups excluding carboxylic acids is 1. The normalized spacial score (nSPS) is 11.1. The molecule has 0 aliphatic rings. The second-order valence-corrected chi connectivity index (χ2v) is 3.30. The Kier molecular flexibility index (Phi) is 4.37. The minimum atomic E-state index is -4.41. The van der Waals surface area contributed by atoms with E-state index in [1.54, 1.807) is 0 Å². The van der Waals surface area contributed by atoms with Crippen LogP contribution in [0.5, 0.6) is 0 Å². The molecule has 3 nitrogen and oxygen atoms in total. The van der Waals surface area contributed by atoms with E-state index in [2.05, 4.69) is 10.1 Å². The molecule has 0 atom stereocenters. The Morgan fingerprint density at radius 3 is 2.59 bits per heavy atom. The molecule has 1 rings (SSSR count). The van der Waals surface area contributed by atoms with E-state index in [0.29, 0.717) is 0 Å². The van der Waals surface area contributed by atoms with Crippen molar-refractivity contribution in [1.82, 2.24) is 0 Å². The SMILES string of the molecule is COC(=O)CCNc1ccccc1C(F)(F)F. The molecule has 6 heteroatoms. The Balaban J connectivity index is 2.68. The fourth-order valence-electron chi connectivity index (χ4n) is 1.29. The second-order valence-electron chi connectivity index (χ2n) is 3.30. The van der Waals surface area contributed by atoms with Gasteiger partial charge in [0, 0.05) is 12.2 Å². The summed E-state index contributed by atoms with van der Waals surface area (Å²) < 4.78 is 42.1. The number of alkyl halides is 3.